The van der Waals surface area contributed by atoms with Crippen molar-refractivity contribution in [1.29, 1.82) is 0 Å². The fraction of sp³-hybridized carbons (Fsp3) is 0.300. The maximum atomic E-state index is 10.8. The highest BCUT2D eigenvalue weighted by Gasteiger charge is 2.17. The summed E-state index contributed by atoms with van der Waals surface area (Å²) in [6, 6.07) is 1.68. The standard InChI is InChI=1S/C10H10ClN5O2/c1-6(10(17)18)5-16-9(13-14-15-16)7-2-3-12-4-8(7)11/h2-4,6H,5H2,1H3,(H,17,18). The first-order valence-electron chi connectivity index (χ1n) is 5.18. The highest BCUT2D eigenvalue weighted by atomic mass is 35.5. The predicted octanol–water partition coefficient (Wildman–Crippen LogP) is 1.11. The molecule has 0 aromatic carbocycles. The van der Waals surface area contributed by atoms with Crippen LogP contribution in [-0.2, 0) is 11.3 Å². The molecule has 0 saturated heterocycles. The van der Waals surface area contributed by atoms with E-state index in [1.807, 2.05) is 0 Å². The van der Waals surface area contributed by atoms with Gasteiger partial charge in [0.05, 0.1) is 17.5 Å². The first kappa shape index (κ1) is 12.4. The topological polar surface area (TPSA) is 93.8 Å². The van der Waals surface area contributed by atoms with Crippen molar-refractivity contribution in [3.63, 3.8) is 0 Å². The number of hydrogen-bond acceptors (Lipinski definition) is 5. The Labute approximate surface area is 107 Å². The molecule has 7 nitrogen and oxygen atoms in total. The van der Waals surface area contributed by atoms with Gasteiger partial charge in [-0.15, -0.1) is 5.10 Å². The molecule has 0 aliphatic carbocycles. The molecule has 18 heavy (non-hydrogen) atoms. The minimum Gasteiger partial charge on any atom is -0.481 e. The van der Waals surface area contributed by atoms with Gasteiger partial charge in [0.25, 0.3) is 0 Å². The molecule has 2 aromatic rings. The van der Waals surface area contributed by atoms with Gasteiger partial charge in [0.2, 0.25) is 0 Å². The summed E-state index contributed by atoms with van der Waals surface area (Å²) in [5.41, 5.74) is 0.620. The second kappa shape index (κ2) is 5.09. The Hall–Kier alpha value is -2.02. The molecule has 1 atom stereocenters. The minimum absolute atomic E-state index is 0.177. The lowest BCUT2D eigenvalue weighted by atomic mass is 10.2. The van der Waals surface area contributed by atoms with Crippen LogP contribution in [0.1, 0.15) is 6.92 Å². The third-order valence-electron chi connectivity index (χ3n) is 2.41. The van der Waals surface area contributed by atoms with Gasteiger partial charge in [-0.1, -0.05) is 18.5 Å². The fourth-order valence-electron chi connectivity index (χ4n) is 1.41. The first-order valence-corrected chi connectivity index (χ1v) is 5.56. The molecule has 0 spiro atoms. The Balaban J connectivity index is 2.34. The summed E-state index contributed by atoms with van der Waals surface area (Å²) in [5, 5.41) is 20.5. The van der Waals surface area contributed by atoms with Crippen LogP contribution in [0.5, 0.6) is 0 Å². The van der Waals surface area contributed by atoms with Gasteiger partial charge in [0.1, 0.15) is 0 Å². The van der Waals surface area contributed by atoms with Crippen LogP contribution in [0.4, 0.5) is 0 Å². The number of pyridine rings is 1. The Bertz CT molecular complexity index is 571. The normalized spacial score (nSPS) is 12.3. The van der Waals surface area contributed by atoms with E-state index in [0.717, 1.165) is 0 Å². The second-order valence-corrected chi connectivity index (χ2v) is 4.19. The first-order chi connectivity index (χ1) is 8.59. The van der Waals surface area contributed by atoms with Crippen molar-refractivity contribution in [2.45, 2.75) is 13.5 Å². The van der Waals surface area contributed by atoms with E-state index in [9.17, 15) is 4.79 Å². The summed E-state index contributed by atoms with van der Waals surface area (Å²) in [4.78, 5) is 14.7. The molecule has 1 unspecified atom stereocenters. The SMILES string of the molecule is CC(Cn1nnnc1-c1ccncc1Cl)C(=O)O. The van der Waals surface area contributed by atoms with E-state index in [0.29, 0.717) is 16.4 Å². The van der Waals surface area contributed by atoms with Gasteiger partial charge < -0.3 is 5.11 Å². The second-order valence-electron chi connectivity index (χ2n) is 3.78. The monoisotopic (exact) mass is 267 g/mol. The predicted molar refractivity (Wildman–Crippen MR) is 62.9 cm³/mol. The number of carboxylic acids is 1. The molecular weight excluding hydrogens is 258 g/mol. The third-order valence-corrected chi connectivity index (χ3v) is 2.71. The van der Waals surface area contributed by atoms with E-state index in [4.69, 9.17) is 16.7 Å². The molecule has 0 amide bonds. The minimum atomic E-state index is -0.905. The number of halogens is 1. The number of hydrogen-bond donors (Lipinski definition) is 1. The van der Waals surface area contributed by atoms with Crippen LogP contribution in [0.2, 0.25) is 5.02 Å². The van der Waals surface area contributed by atoms with Gasteiger partial charge in [0, 0.05) is 18.0 Å². The van der Waals surface area contributed by atoms with Gasteiger partial charge in [-0.2, -0.15) is 0 Å². The zero-order valence-corrected chi connectivity index (χ0v) is 10.2. The number of carbonyl (C=O) groups is 1. The van der Waals surface area contributed by atoms with Gasteiger partial charge in [0.15, 0.2) is 5.82 Å². The summed E-state index contributed by atoms with van der Waals surface area (Å²) in [5.74, 6) is -1.07. The average molecular weight is 268 g/mol. The summed E-state index contributed by atoms with van der Waals surface area (Å²) in [6.07, 6.45) is 3.05. The average Bonchev–Trinajstić information content (AvgIpc) is 2.77. The fourth-order valence-corrected chi connectivity index (χ4v) is 1.62. The molecule has 2 aromatic heterocycles. The molecule has 0 fully saturated rings. The van der Waals surface area contributed by atoms with Crippen molar-refractivity contribution < 1.29 is 9.90 Å². The van der Waals surface area contributed by atoms with E-state index >= 15 is 0 Å². The van der Waals surface area contributed by atoms with Crippen molar-refractivity contribution in [3.8, 4) is 11.4 Å². The summed E-state index contributed by atoms with van der Waals surface area (Å²) in [6.45, 7) is 1.76. The Morgan fingerprint density at radius 1 is 1.61 bits per heavy atom. The van der Waals surface area contributed by atoms with E-state index in [-0.39, 0.29) is 6.54 Å². The summed E-state index contributed by atoms with van der Waals surface area (Å²) >= 11 is 6.00. The van der Waals surface area contributed by atoms with Gasteiger partial charge in [-0.25, -0.2) is 4.68 Å². The van der Waals surface area contributed by atoms with Crippen LogP contribution in [0.25, 0.3) is 11.4 Å². The molecule has 0 radical (unpaired) electrons. The number of rotatable bonds is 4. The molecule has 94 valence electrons. The van der Waals surface area contributed by atoms with Crippen molar-refractivity contribution in [2.24, 2.45) is 5.92 Å². The lowest BCUT2D eigenvalue weighted by Gasteiger charge is -2.08. The highest BCUT2D eigenvalue weighted by Crippen LogP contribution is 2.24. The molecule has 2 heterocycles. The summed E-state index contributed by atoms with van der Waals surface area (Å²) < 4.78 is 1.42. The molecule has 1 N–H and O–H groups in total. The molecule has 0 bridgehead atoms. The molecule has 8 heteroatoms. The highest BCUT2D eigenvalue weighted by molar-refractivity contribution is 6.33. The number of nitrogens with zero attached hydrogens (tertiary/aromatic N) is 5. The third kappa shape index (κ3) is 2.45. The van der Waals surface area contributed by atoms with E-state index in [1.54, 1.807) is 19.2 Å². The van der Waals surface area contributed by atoms with E-state index in [2.05, 4.69) is 20.5 Å². The molecule has 0 aliphatic heterocycles. The molecule has 0 aliphatic rings. The van der Waals surface area contributed by atoms with Gasteiger partial charge in [-0.3, -0.25) is 9.78 Å². The van der Waals surface area contributed by atoms with Crippen LogP contribution in [-0.4, -0.2) is 36.3 Å². The maximum absolute atomic E-state index is 10.8. The zero-order chi connectivity index (χ0) is 13.1. The van der Waals surface area contributed by atoms with Crippen molar-refractivity contribution >= 4 is 17.6 Å². The zero-order valence-electron chi connectivity index (χ0n) is 9.49. The lowest BCUT2D eigenvalue weighted by molar-refractivity contribution is -0.141. The Morgan fingerprint density at radius 3 is 3.06 bits per heavy atom. The largest absolute Gasteiger partial charge is 0.481 e. The van der Waals surface area contributed by atoms with Crippen LogP contribution in [0, 0.1) is 5.92 Å². The van der Waals surface area contributed by atoms with Crippen molar-refractivity contribution in [1.82, 2.24) is 25.2 Å². The van der Waals surface area contributed by atoms with Crippen molar-refractivity contribution in [3.05, 3.63) is 23.5 Å². The van der Waals surface area contributed by atoms with Crippen LogP contribution in [0.15, 0.2) is 18.5 Å². The number of aliphatic carboxylic acids is 1. The van der Waals surface area contributed by atoms with E-state index in [1.165, 1.54) is 10.9 Å². The smallest absolute Gasteiger partial charge is 0.308 e. The van der Waals surface area contributed by atoms with Crippen LogP contribution in [0.3, 0.4) is 0 Å². The molecule has 2 rings (SSSR count). The number of carboxylic acid groups (broad SMARTS) is 1. The van der Waals surface area contributed by atoms with Gasteiger partial charge >= 0.3 is 5.97 Å². The Kier molecular flexibility index (Phi) is 3.52. The number of aromatic nitrogens is 5. The maximum Gasteiger partial charge on any atom is 0.308 e. The lowest BCUT2D eigenvalue weighted by Crippen LogP contribution is -2.18. The van der Waals surface area contributed by atoms with Gasteiger partial charge in [-0.05, 0) is 16.5 Å². The van der Waals surface area contributed by atoms with Crippen molar-refractivity contribution in [2.75, 3.05) is 0 Å². The Morgan fingerprint density at radius 2 is 2.39 bits per heavy atom. The molecule has 0 saturated carbocycles. The van der Waals surface area contributed by atoms with Crippen LogP contribution >= 0.6 is 11.6 Å². The number of tetrazole rings is 1. The quantitative estimate of drug-likeness (QED) is 0.892. The van der Waals surface area contributed by atoms with Crippen LogP contribution < -0.4 is 0 Å². The molecular formula is C10H10ClN5O2. The van der Waals surface area contributed by atoms with E-state index < -0.39 is 11.9 Å². The summed E-state index contributed by atoms with van der Waals surface area (Å²) in [7, 11) is 0.